The van der Waals surface area contributed by atoms with Crippen LogP contribution in [-0.2, 0) is 4.79 Å². The van der Waals surface area contributed by atoms with Gasteiger partial charge in [-0.05, 0) is 11.6 Å². The molecule has 1 amide bonds. The van der Waals surface area contributed by atoms with Crippen LogP contribution >= 0.6 is 0 Å². The number of rotatable bonds is 5. The third kappa shape index (κ3) is 4.04. The fourth-order valence-corrected chi connectivity index (χ4v) is 1.91. The molecular formula is C15H14N2O4. The van der Waals surface area contributed by atoms with Gasteiger partial charge in [-0.3, -0.25) is 14.4 Å². The van der Waals surface area contributed by atoms with Gasteiger partial charge in [-0.15, -0.1) is 0 Å². The Hall–Kier alpha value is -2.89. The van der Waals surface area contributed by atoms with Crippen molar-refractivity contribution in [2.45, 2.75) is 12.5 Å². The Morgan fingerprint density at radius 2 is 1.86 bits per heavy atom. The predicted molar refractivity (Wildman–Crippen MR) is 76.0 cm³/mol. The van der Waals surface area contributed by atoms with Crippen LogP contribution in [0.1, 0.15) is 28.4 Å². The fourth-order valence-electron chi connectivity index (χ4n) is 1.91. The minimum atomic E-state index is -1.01. The molecular weight excluding hydrogens is 272 g/mol. The van der Waals surface area contributed by atoms with Gasteiger partial charge in [0.25, 0.3) is 5.91 Å². The highest BCUT2D eigenvalue weighted by Gasteiger charge is 2.18. The third-order valence-corrected chi connectivity index (χ3v) is 2.93. The molecule has 2 rings (SSSR count). The molecule has 0 spiro atoms. The molecule has 0 aliphatic carbocycles. The van der Waals surface area contributed by atoms with Gasteiger partial charge in [0.05, 0.1) is 18.0 Å². The van der Waals surface area contributed by atoms with Gasteiger partial charge < -0.3 is 15.4 Å². The number of aromatic amines is 1. The fraction of sp³-hybridized carbons (Fsp3) is 0.133. The summed E-state index contributed by atoms with van der Waals surface area (Å²) in [7, 11) is 0. The van der Waals surface area contributed by atoms with E-state index >= 15 is 0 Å². The molecule has 21 heavy (non-hydrogen) atoms. The predicted octanol–water partition coefficient (Wildman–Crippen LogP) is 1.32. The SMILES string of the molecule is O=C(O)CC(NC(=O)c1ccc(=O)[nH]c1)c1ccccc1. The number of carboxylic acids is 1. The molecule has 1 aromatic heterocycles. The van der Waals surface area contributed by atoms with E-state index in [0.717, 1.165) is 0 Å². The Morgan fingerprint density at radius 3 is 2.43 bits per heavy atom. The van der Waals surface area contributed by atoms with Crippen molar-refractivity contribution in [3.05, 3.63) is 70.1 Å². The summed E-state index contributed by atoms with van der Waals surface area (Å²) >= 11 is 0. The first-order chi connectivity index (χ1) is 10.1. The molecule has 0 aliphatic rings. The van der Waals surface area contributed by atoms with Crippen LogP contribution in [0.4, 0.5) is 0 Å². The molecule has 6 heteroatoms. The van der Waals surface area contributed by atoms with Gasteiger partial charge >= 0.3 is 5.97 Å². The van der Waals surface area contributed by atoms with Gasteiger partial charge in [-0.1, -0.05) is 30.3 Å². The lowest BCUT2D eigenvalue weighted by Gasteiger charge is -2.17. The highest BCUT2D eigenvalue weighted by Crippen LogP contribution is 2.17. The van der Waals surface area contributed by atoms with Crippen LogP contribution in [0, 0.1) is 0 Å². The van der Waals surface area contributed by atoms with Crippen molar-refractivity contribution in [1.29, 1.82) is 0 Å². The monoisotopic (exact) mass is 286 g/mol. The second-order valence-corrected chi connectivity index (χ2v) is 4.48. The van der Waals surface area contributed by atoms with Crippen molar-refractivity contribution in [1.82, 2.24) is 10.3 Å². The molecule has 1 unspecified atom stereocenters. The first-order valence-electron chi connectivity index (χ1n) is 6.32. The Bertz CT molecular complexity index is 674. The lowest BCUT2D eigenvalue weighted by atomic mass is 10.0. The second-order valence-electron chi connectivity index (χ2n) is 4.48. The van der Waals surface area contributed by atoms with E-state index in [2.05, 4.69) is 10.3 Å². The summed E-state index contributed by atoms with van der Waals surface area (Å²) in [6.07, 6.45) is 1.07. The maximum atomic E-state index is 12.1. The molecule has 3 N–H and O–H groups in total. The van der Waals surface area contributed by atoms with Crippen molar-refractivity contribution >= 4 is 11.9 Å². The Labute approximate surface area is 120 Å². The van der Waals surface area contributed by atoms with Crippen LogP contribution in [0.5, 0.6) is 0 Å². The van der Waals surface area contributed by atoms with E-state index in [-0.39, 0.29) is 17.5 Å². The maximum absolute atomic E-state index is 12.1. The highest BCUT2D eigenvalue weighted by molar-refractivity contribution is 5.94. The van der Waals surface area contributed by atoms with E-state index < -0.39 is 17.9 Å². The lowest BCUT2D eigenvalue weighted by molar-refractivity contribution is -0.137. The molecule has 0 saturated heterocycles. The van der Waals surface area contributed by atoms with Gasteiger partial charge in [-0.25, -0.2) is 0 Å². The Kier molecular flexibility index (Phi) is 4.50. The van der Waals surface area contributed by atoms with Gasteiger partial charge in [0.2, 0.25) is 5.56 Å². The average molecular weight is 286 g/mol. The van der Waals surface area contributed by atoms with Crippen LogP contribution in [0.25, 0.3) is 0 Å². The Balaban J connectivity index is 2.18. The number of hydrogen-bond donors (Lipinski definition) is 3. The summed E-state index contributed by atoms with van der Waals surface area (Å²) in [5, 5.41) is 11.6. The molecule has 108 valence electrons. The zero-order chi connectivity index (χ0) is 15.2. The molecule has 0 saturated carbocycles. The summed E-state index contributed by atoms with van der Waals surface area (Å²) in [6, 6.07) is 10.9. The molecule has 0 fully saturated rings. The highest BCUT2D eigenvalue weighted by atomic mass is 16.4. The number of aliphatic carboxylic acids is 1. The van der Waals surface area contributed by atoms with Crippen LogP contribution in [0.2, 0.25) is 0 Å². The molecule has 6 nitrogen and oxygen atoms in total. The van der Waals surface area contributed by atoms with Crippen molar-refractivity contribution in [3.8, 4) is 0 Å². The van der Waals surface area contributed by atoms with E-state index in [0.29, 0.717) is 5.56 Å². The van der Waals surface area contributed by atoms with Gasteiger partial charge in [-0.2, -0.15) is 0 Å². The summed E-state index contributed by atoms with van der Waals surface area (Å²) < 4.78 is 0. The number of carboxylic acid groups (broad SMARTS) is 1. The van der Waals surface area contributed by atoms with Crippen molar-refractivity contribution in [3.63, 3.8) is 0 Å². The normalized spacial score (nSPS) is 11.6. The van der Waals surface area contributed by atoms with Crippen molar-refractivity contribution < 1.29 is 14.7 Å². The molecule has 1 aromatic carbocycles. The number of aromatic nitrogens is 1. The number of carbonyl (C=O) groups is 2. The zero-order valence-electron chi connectivity index (χ0n) is 11.1. The topological polar surface area (TPSA) is 99.3 Å². The average Bonchev–Trinajstić information content (AvgIpc) is 2.47. The number of H-pyrrole nitrogens is 1. The summed E-state index contributed by atoms with van der Waals surface area (Å²) in [5.74, 6) is -1.45. The zero-order valence-corrected chi connectivity index (χ0v) is 11.1. The van der Waals surface area contributed by atoms with Crippen LogP contribution < -0.4 is 10.9 Å². The van der Waals surface area contributed by atoms with Crippen LogP contribution in [-0.4, -0.2) is 22.0 Å². The number of pyridine rings is 1. The third-order valence-electron chi connectivity index (χ3n) is 2.93. The van der Waals surface area contributed by atoms with Crippen LogP contribution in [0.15, 0.2) is 53.5 Å². The largest absolute Gasteiger partial charge is 0.481 e. The number of amides is 1. The first-order valence-corrected chi connectivity index (χ1v) is 6.32. The van der Waals surface area contributed by atoms with E-state index in [1.807, 2.05) is 6.07 Å². The van der Waals surface area contributed by atoms with Crippen LogP contribution in [0.3, 0.4) is 0 Å². The van der Waals surface area contributed by atoms with E-state index in [9.17, 15) is 14.4 Å². The smallest absolute Gasteiger partial charge is 0.305 e. The molecule has 2 aromatic rings. The standard InChI is InChI=1S/C15H14N2O4/c18-13-7-6-11(9-16-13)15(21)17-12(8-14(19)20)10-4-2-1-3-5-10/h1-7,9,12H,8H2,(H,16,18)(H,17,21)(H,19,20). The lowest BCUT2D eigenvalue weighted by Crippen LogP contribution is -2.30. The molecule has 0 radical (unpaired) electrons. The quantitative estimate of drug-likeness (QED) is 0.771. The maximum Gasteiger partial charge on any atom is 0.305 e. The molecule has 1 atom stereocenters. The van der Waals surface area contributed by atoms with Gasteiger partial charge in [0.15, 0.2) is 0 Å². The van der Waals surface area contributed by atoms with Crippen molar-refractivity contribution in [2.24, 2.45) is 0 Å². The Morgan fingerprint density at radius 1 is 1.14 bits per heavy atom. The second kappa shape index (κ2) is 6.51. The number of nitrogens with one attached hydrogen (secondary N) is 2. The molecule has 0 aliphatic heterocycles. The number of hydrogen-bond acceptors (Lipinski definition) is 3. The van der Waals surface area contributed by atoms with E-state index in [1.165, 1.54) is 18.3 Å². The van der Waals surface area contributed by atoms with E-state index in [1.54, 1.807) is 24.3 Å². The van der Waals surface area contributed by atoms with E-state index in [4.69, 9.17) is 5.11 Å². The number of carbonyl (C=O) groups excluding carboxylic acids is 1. The van der Waals surface area contributed by atoms with Gasteiger partial charge in [0, 0.05) is 12.3 Å². The minimum absolute atomic E-state index is 0.223. The summed E-state index contributed by atoms with van der Waals surface area (Å²) in [6.45, 7) is 0. The minimum Gasteiger partial charge on any atom is -0.481 e. The summed E-state index contributed by atoms with van der Waals surface area (Å²) in [5.41, 5.74) is 0.662. The number of benzene rings is 1. The summed E-state index contributed by atoms with van der Waals surface area (Å²) in [4.78, 5) is 36.4. The van der Waals surface area contributed by atoms with Crippen molar-refractivity contribution in [2.75, 3.05) is 0 Å². The van der Waals surface area contributed by atoms with Gasteiger partial charge in [0.1, 0.15) is 0 Å². The molecule has 0 bridgehead atoms. The first kappa shape index (κ1) is 14.5. The molecule has 1 heterocycles.